The normalized spacial score (nSPS) is 8.83. The fourth-order valence-corrected chi connectivity index (χ4v) is 1.20. The van der Waals surface area contributed by atoms with Crippen molar-refractivity contribution in [2.75, 3.05) is 0 Å². The van der Waals surface area contributed by atoms with Crippen molar-refractivity contribution in [1.82, 2.24) is 0 Å². The average molecular weight is 162 g/mol. The molecule has 1 aromatic rings. The van der Waals surface area contributed by atoms with E-state index in [0.29, 0.717) is 0 Å². The van der Waals surface area contributed by atoms with Crippen molar-refractivity contribution in [3.05, 3.63) is 21.3 Å². The summed E-state index contributed by atoms with van der Waals surface area (Å²) in [6.45, 7) is 0. The molecule has 31 valence electrons. The zero-order valence-electron chi connectivity index (χ0n) is 2.94. The first-order valence-corrected chi connectivity index (χ1v) is 3.17. The van der Waals surface area contributed by atoms with Gasteiger partial charge in [0.05, 0.1) is 0 Å². The molecule has 0 N–H and O–H groups in total. The number of hydrogen-bond donors (Lipinski definition) is 0. The third kappa shape index (κ3) is 0.820. The summed E-state index contributed by atoms with van der Waals surface area (Å²) in [5.74, 6) is 0. The molecule has 0 aromatic carbocycles. The summed E-state index contributed by atoms with van der Waals surface area (Å²) in [6.07, 6.45) is 0. The standard InChI is InChI=1S/C4H2BrS/c5-4-1-2-6-3-4/h1,3H. The summed E-state index contributed by atoms with van der Waals surface area (Å²) < 4.78 is 1.12. The van der Waals surface area contributed by atoms with Gasteiger partial charge in [-0.05, 0) is 22.0 Å². The predicted molar refractivity (Wildman–Crippen MR) is 30.9 cm³/mol. The monoisotopic (exact) mass is 161 g/mol. The van der Waals surface area contributed by atoms with Crippen LogP contribution >= 0.6 is 27.3 Å². The Morgan fingerprint density at radius 1 is 1.83 bits per heavy atom. The minimum atomic E-state index is 1.12. The van der Waals surface area contributed by atoms with Gasteiger partial charge in [-0.25, -0.2) is 0 Å². The van der Waals surface area contributed by atoms with Crippen molar-refractivity contribution in [1.29, 1.82) is 0 Å². The molecule has 0 bridgehead atoms. The van der Waals surface area contributed by atoms with Crippen LogP contribution in [0, 0.1) is 5.38 Å². The van der Waals surface area contributed by atoms with Crippen LogP contribution < -0.4 is 0 Å². The number of hydrogen-bond acceptors (Lipinski definition) is 1. The van der Waals surface area contributed by atoms with Crippen molar-refractivity contribution in [2.24, 2.45) is 0 Å². The second kappa shape index (κ2) is 1.76. The molecule has 2 heteroatoms. The lowest BCUT2D eigenvalue weighted by Crippen LogP contribution is -1.35. The molecule has 0 fully saturated rings. The topological polar surface area (TPSA) is 0 Å². The molecule has 0 aliphatic carbocycles. The summed E-state index contributed by atoms with van der Waals surface area (Å²) in [7, 11) is 0. The van der Waals surface area contributed by atoms with Crippen molar-refractivity contribution in [2.45, 2.75) is 0 Å². The lowest BCUT2D eigenvalue weighted by atomic mass is 10.7. The fourth-order valence-electron chi connectivity index (χ4n) is 0.215. The van der Waals surface area contributed by atoms with Crippen molar-refractivity contribution < 1.29 is 0 Å². The molecule has 0 nitrogen and oxygen atoms in total. The maximum absolute atomic E-state index is 3.26. The molecular formula is C4H2BrS. The number of rotatable bonds is 0. The molecule has 6 heavy (non-hydrogen) atoms. The van der Waals surface area contributed by atoms with Gasteiger partial charge in [-0.2, -0.15) is 0 Å². The van der Waals surface area contributed by atoms with Gasteiger partial charge in [-0.1, -0.05) is 0 Å². The van der Waals surface area contributed by atoms with Gasteiger partial charge >= 0.3 is 0 Å². The Labute approximate surface area is 48.9 Å². The summed E-state index contributed by atoms with van der Waals surface area (Å²) in [4.78, 5) is 0. The Morgan fingerprint density at radius 2 is 2.67 bits per heavy atom. The predicted octanol–water partition coefficient (Wildman–Crippen LogP) is 2.31. The van der Waals surface area contributed by atoms with E-state index in [2.05, 4.69) is 21.3 Å². The highest BCUT2D eigenvalue weighted by atomic mass is 79.9. The minimum absolute atomic E-state index is 1.12. The molecule has 0 spiro atoms. The van der Waals surface area contributed by atoms with E-state index >= 15 is 0 Å². The minimum Gasteiger partial charge on any atom is -0.142 e. The van der Waals surface area contributed by atoms with Crippen molar-refractivity contribution >= 4 is 27.3 Å². The van der Waals surface area contributed by atoms with E-state index in [1.165, 1.54) is 0 Å². The van der Waals surface area contributed by atoms with Crippen LogP contribution in [0.3, 0.4) is 0 Å². The molecule has 1 heterocycles. The van der Waals surface area contributed by atoms with Gasteiger partial charge in [0, 0.05) is 15.2 Å². The molecule has 1 radical (unpaired) electrons. The molecule has 0 atom stereocenters. The molecule has 0 amide bonds. The lowest BCUT2D eigenvalue weighted by molar-refractivity contribution is 1.89. The number of thiophene rings is 1. The molecule has 0 unspecified atom stereocenters. The van der Waals surface area contributed by atoms with E-state index in [4.69, 9.17) is 0 Å². The van der Waals surface area contributed by atoms with E-state index in [-0.39, 0.29) is 0 Å². The molecular weight excluding hydrogens is 160 g/mol. The molecule has 1 rings (SSSR count). The Morgan fingerprint density at radius 3 is 2.83 bits per heavy atom. The molecule has 0 saturated carbocycles. The van der Waals surface area contributed by atoms with Crippen LogP contribution in [0.25, 0.3) is 0 Å². The average Bonchev–Trinajstić information content (AvgIpc) is 1.86. The van der Waals surface area contributed by atoms with Gasteiger partial charge in [-0.3, -0.25) is 0 Å². The summed E-state index contributed by atoms with van der Waals surface area (Å²) in [5, 5.41) is 4.91. The Kier molecular flexibility index (Phi) is 1.27. The molecule has 0 saturated heterocycles. The molecule has 1 aromatic heterocycles. The highest BCUT2D eigenvalue weighted by Crippen LogP contribution is 2.10. The van der Waals surface area contributed by atoms with E-state index in [1.807, 2.05) is 11.4 Å². The third-order valence-electron chi connectivity index (χ3n) is 0.436. The maximum Gasteiger partial charge on any atom is 0.0454 e. The largest absolute Gasteiger partial charge is 0.142 e. The van der Waals surface area contributed by atoms with Gasteiger partial charge in [0.1, 0.15) is 0 Å². The highest BCUT2D eigenvalue weighted by Gasteiger charge is 1.77. The van der Waals surface area contributed by atoms with Crippen LogP contribution in [0.2, 0.25) is 0 Å². The molecule has 0 aliphatic rings. The zero-order chi connectivity index (χ0) is 4.41. The van der Waals surface area contributed by atoms with Crippen LogP contribution in [-0.2, 0) is 0 Å². The van der Waals surface area contributed by atoms with Crippen molar-refractivity contribution in [3.8, 4) is 0 Å². The summed E-state index contributed by atoms with van der Waals surface area (Å²) >= 11 is 4.83. The summed E-state index contributed by atoms with van der Waals surface area (Å²) in [6, 6.07) is 1.89. The Balaban J connectivity index is 3.05. The van der Waals surface area contributed by atoms with E-state index < -0.39 is 0 Å². The van der Waals surface area contributed by atoms with E-state index in [9.17, 15) is 0 Å². The highest BCUT2D eigenvalue weighted by molar-refractivity contribution is 9.10. The first kappa shape index (κ1) is 4.34. The summed E-state index contributed by atoms with van der Waals surface area (Å²) in [5.41, 5.74) is 0. The van der Waals surface area contributed by atoms with Crippen LogP contribution in [-0.4, -0.2) is 0 Å². The van der Waals surface area contributed by atoms with E-state index in [0.717, 1.165) is 4.47 Å². The first-order chi connectivity index (χ1) is 2.89. The molecule has 0 aliphatic heterocycles. The second-order valence-corrected chi connectivity index (χ2v) is 2.51. The van der Waals surface area contributed by atoms with Gasteiger partial charge in [0.2, 0.25) is 0 Å². The Hall–Kier alpha value is 0.180. The SMILES string of the molecule is Brc1c[c]sc1. The quantitative estimate of drug-likeness (QED) is 0.549. The van der Waals surface area contributed by atoms with Gasteiger partial charge < -0.3 is 0 Å². The van der Waals surface area contributed by atoms with Crippen molar-refractivity contribution in [3.63, 3.8) is 0 Å². The van der Waals surface area contributed by atoms with Gasteiger partial charge in [0.15, 0.2) is 0 Å². The van der Waals surface area contributed by atoms with Crippen LogP contribution in [0.5, 0.6) is 0 Å². The van der Waals surface area contributed by atoms with Gasteiger partial charge in [-0.15, -0.1) is 11.3 Å². The second-order valence-electron chi connectivity index (χ2n) is 0.883. The van der Waals surface area contributed by atoms with Crippen LogP contribution in [0.4, 0.5) is 0 Å². The first-order valence-electron chi connectivity index (χ1n) is 1.49. The fraction of sp³-hybridized carbons (Fsp3) is 0. The van der Waals surface area contributed by atoms with E-state index in [1.54, 1.807) is 11.3 Å². The smallest absolute Gasteiger partial charge is 0.0454 e. The Bertz CT molecular complexity index is 111. The maximum atomic E-state index is 3.26. The third-order valence-corrected chi connectivity index (χ3v) is 1.82. The number of halogens is 1. The lowest BCUT2D eigenvalue weighted by Gasteiger charge is -1.62. The van der Waals surface area contributed by atoms with Crippen LogP contribution in [0.15, 0.2) is 15.9 Å². The van der Waals surface area contributed by atoms with Gasteiger partial charge in [0.25, 0.3) is 0 Å². The zero-order valence-corrected chi connectivity index (χ0v) is 5.34. The van der Waals surface area contributed by atoms with Crippen LogP contribution in [0.1, 0.15) is 0 Å².